The summed E-state index contributed by atoms with van der Waals surface area (Å²) in [6, 6.07) is 2.71. The van der Waals surface area contributed by atoms with Crippen LogP contribution in [0, 0.1) is 16.0 Å². The van der Waals surface area contributed by atoms with Gasteiger partial charge in [-0.05, 0) is 25.8 Å². The number of ketones is 1. The first-order valence-corrected chi connectivity index (χ1v) is 9.13. The van der Waals surface area contributed by atoms with E-state index in [1.165, 1.54) is 33.5 Å². The smallest absolute Gasteiger partial charge is 0.315 e. The van der Waals surface area contributed by atoms with Crippen molar-refractivity contribution in [3.05, 3.63) is 39.1 Å². The largest absolute Gasteiger partial charge is 0.493 e. The Labute approximate surface area is 167 Å². The molecule has 154 valence electrons. The molecule has 3 rings (SSSR count). The van der Waals surface area contributed by atoms with Gasteiger partial charge in [0.15, 0.2) is 17.3 Å². The molecule has 9 nitrogen and oxygen atoms in total. The second-order valence-electron chi connectivity index (χ2n) is 6.89. The lowest BCUT2D eigenvalue weighted by molar-refractivity contribution is -0.385. The lowest BCUT2D eigenvalue weighted by Gasteiger charge is -2.34. The normalized spacial score (nSPS) is 21.2. The molecule has 2 atom stereocenters. The molecule has 0 amide bonds. The summed E-state index contributed by atoms with van der Waals surface area (Å²) in [5.74, 6) is -2.15. The molecular formula is C20H22N2O7. The second kappa shape index (κ2) is 8.02. The van der Waals surface area contributed by atoms with E-state index in [0.29, 0.717) is 36.2 Å². The molecule has 1 aromatic carbocycles. The Morgan fingerprint density at radius 3 is 2.41 bits per heavy atom. The summed E-state index contributed by atoms with van der Waals surface area (Å²) in [4.78, 5) is 41.3. The maximum Gasteiger partial charge on any atom is 0.315 e. The number of rotatable bonds is 5. The minimum absolute atomic E-state index is 0.162. The number of hydrogen-bond acceptors (Lipinski definition) is 8. The highest BCUT2D eigenvalue weighted by Crippen LogP contribution is 2.48. The number of allylic oxidation sites excluding steroid dienone is 2. The minimum atomic E-state index is -0.947. The van der Waals surface area contributed by atoms with Crippen LogP contribution in [0.1, 0.15) is 37.7 Å². The minimum Gasteiger partial charge on any atom is -0.493 e. The number of nitro benzene ring substituents is 1. The van der Waals surface area contributed by atoms with Gasteiger partial charge in [-0.1, -0.05) is 0 Å². The van der Waals surface area contributed by atoms with Gasteiger partial charge in [-0.2, -0.15) is 0 Å². The molecule has 0 N–H and O–H groups in total. The summed E-state index contributed by atoms with van der Waals surface area (Å²) in [7, 11) is 4.03. The molecule has 0 spiro atoms. The number of nitro groups is 1. The Morgan fingerprint density at radius 1 is 1.17 bits per heavy atom. The van der Waals surface area contributed by atoms with Gasteiger partial charge in [-0.25, -0.2) is 0 Å². The number of hydrogen-bond donors (Lipinski definition) is 0. The zero-order chi connectivity index (χ0) is 21.3. The molecule has 0 bridgehead atoms. The number of carbonyl (C=O) groups excluding carboxylic acids is 2. The summed E-state index contributed by atoms with van der Waals surface area (Å²) in [6.07, 6.45) is 1.53. The Hall–Kier alpha value is -3.23. The lowest BCUT2D eigenvalue weighted by Crippen LogP contribution is -2.37. The van der Waals surface area contributed by atoms with Crippen molar-refractivity contribution < 1.29 is 28.7 Å². The average molecular weight is 402 g/mol. The van der Waals surface area contributed by atoms with Crippen LogP contribution in [0.5, 0.6) is 11.5 Å². The van der Waals surface area contributed by atoms with Gasteiger partial charge >= 0.3 is 5.97 Å². The molecule has 1 unspecified atom stereocenters. The Kier molecular flexibility index (Phi) is 5.67. The number of methoxy groups -OCH3 is 3. The number of esters is 1. The van der Waals surface area contributed by atoms with Crippen LogP contribution in [0.15, 0.2) is 28.4 Å². The molecule has 0 radical (unpaired) electrons. The topological polar surface area (TPSA) is 117 Å². The Balaban J connectivity index is 2.33. The number of nitrogens with zero attached hydrogens (tertiary/aromatic N) is 2. The van der Waals surface area contributed by atoms with Gasteiger partial charge in [0.05, 0.1) is 32.3 Å². The summed E-state index contributed by atoms with van der Waals surface area (Å²) < 4.78 is 15.5. The highest BCUT2D eigenvalue weighted by Gasteiger charge is 2.45. The van der Waals surface area contributed by atoms with Crippen molar-refractivity contribution in [2.75, 3.05) is 21.3 Å². The molecule has 29 heavy (non-hydrogen) atoms. The molecule has 1 heterocycles. The van der Waals surface area contributed by atoms with E-state index in [1.54, 1.807) is 6.92 Å². The number of aliphatic imine (C=N–C) groups is 1. The van der Waals surface area contributed by atoms with Gasteiger partial charge in [0, 0.05) is 34.9 Å². The first-order valence-electron chi connectivity index (χ1n) is 9.13. The third-order valence-electron chi connectivity index (χ3n) is 5.35. The fourth-order valence-corrected chi connectivity index (χ4v) is 4.07. The number of ether oxygens (including phenoxy) is 3. The van der Waals surface area contributed by atoms with Crippen LogP contribution in [0.2, 0.25) is 0 Å². The van der Waals surface area contributed by atoms with E-state index in [0.717, 1.165) is 0 Å². The van der Waals surface area contributed by atoms with E-state index < -0.39 is 22.7 Å². The summed E-state index contributed by atoms with van der Waals surface area (Å²) in [5.41, 5.74) is 1.31. The average Bonchev–Trinajstić information content (AvgIpc) is 2.71. The fraction of sp³-hybridized carbons (Fsp3) is 0.450. The highest BCUT2D eigenvalue weighted by molar-refractivity contribution is 6.09. The van der Waals surface area contributed by atoms with Crippen LogP contribution < -0.4 is 9.47 Å². The Morgan fingerprint density at radius 2 is 1.83 bits per heavy atom. The van der Waals surface area contributed by atoms with Crippen molar-refractivity contribution in [1.82, 2.24) is 0 Å². The van der Waals surface area contributed by atoms with E-state index >= 15 is 0 Å². The van der Waals surface area contributed by atoms with E-state index in [-0.39, 0.29) is 28.5 Å². The predicted molar refractivity (Wildman–Crippen MR) is 103 cm³/mol. The van der Waals surface area contributed by atoms with E-state index in [1.807, 2.05) is 0 Å². The maximum absolute atomic E-state index is 12.8. The quantitative estimate of drug-likeness (QED) is 0.422. The van der Waals surface area contributed by atoms with Crippen LogP contribution in [0.25, 0.3) is 0 Å². The number of carbonyl (C=O) groups is 2. The maximum atomic E-state index is 12.8. The summed E-state index contributed by atoms with van der Waals surface area (Å²) in [6.45, 7) is 1.67. The van der Waals surface area contributed by atoms with Crippen LogP contribution in [0.4, 0.5) is 5.69 Å². The predicted octanol–water partition coefficient (Wildman–Crippen LogP) is 2.97. The van der Waals surface area contributed by atoms with Crippen molar-refractivity contribution in [3.63, 3.8) is 0 Å². The SMILES string of the molecule is COC(=O)C1C(C)=NC2=C(C(=O)CCC2)[C@H]1c1cc(OC)c(OC)cc1[N+](=O)[O-]. The molecule has 0 saturated carbocycles. The zero-order valence-electron chi connectivity index (χ0n) is 16.7. The van der Waals surface area contributed by atoms with E-state index in [2.05, 4.69) is 4.99 Å². The van der Waals surface area contributed by atoms with E-state index in [9.17, 15) is 19.7 Å². The molecule has 2 aliphatic rings. The lowest BCUT2D eigenvalue weighted by atomic mass is 9.71. The molecule has 1 aromatic rings. The fourth-order valence-electron chi connectivity index (χ4n) is 4.07. The molecule has 0 fully saturated rings. The standard InChI is InChI=1S/C20H22N2O7/c1-10-17(20(24)29-4)18(19-12(21-10)6-5-7-14(19)23)11-8-15(27-2)16(28-3)9-13(11)22(25)26/h8-9,17-18H,5-7H2,1-4H3/t17?,18-/m0/s1. The first-order chi connectivity index (χ1) is 13.8. The first kappa shape index (κ1) is 20.5. The molecule has 1 aliphatic heterocycles. The van der Waals surface area contributed by atoms with Crippen molar-refractivity contribution in [2.45, 2.75) is 32.1 Å². The highest BCUT2D eigenvalue weighted by atomic mass is 16.6. The molecule has 1 aliphatic carbocycles. The third-order valence-corrected chi connectivity index (χ3v) is 5.35. The van der Waals surface area contributed by atoms with Crippen LogP contribution >= 0.6 is 0 Å². The van der Waals surface area contributed by atoms with Gasteiger partial charge in [0.2, 0.25) is 0 Å². The van der Waals surface area contributed by atoms with Crippen molar-refractivity contribution in [3.8, 4) is 11.5 Å². The van der Waals surface area contributed by atoms with Gasteiger partial charge in [0.25, 0.3) is 5.69 Å². The van der Waals surface area contributed by atoms with Gasteiger partial charge < -0.3 is 14.2 Å². The number of benzene rings is 1. The van der Waals surface area contributed by atoms with E-state index in [4.69, 9.17) is 14.2 Å². The van der Waals surface area contributed by atoms with Gasteiger partial charge in [0.1, 0.15) is 5.92 Å². The third kappa shape index (κ3) is 3.48. The van der Waals surface area contributed by atoms with Gasteiger partial charge in [-0.3, -0.25) is 24.7 Å². The monoisotopic (exact) mass is 402 g/mol. The molecule has 0 aromatic heterocycles. The second-order valence-corrected chi connectivity index (χ2v) is 6.89. The van der Waals surface area contributed by atoms with Crippen LogP contribution in [0.3, 0.4) is 0 Å². The van der Waals surface area contributed by atoms with Crippen molar-refractivity contribution in [2.24, 2.45) is 10.9 Å². The zero-order valence-corrected chi connectivity index (χ0v) is 16.7. The molecule has 0 saturated heterocycles. The van der Waals surface area contributed by atoms with Crippen LogP contribution in [-0.4, -0.2) is 43.7 Å². The van der Waals surface area contributed by atoms with Crippen LogP contribution in [-0.2, 0) is 14.3 Å². The summed E-state index contributed by atoms with van der Waals surface area (Å²) in [5, 5.41) is 11.9. The number of Topliss-reactive ketones (excluding diaryl/α,β-unsaturated/α-hetero) is 1. The summed E-state index contributed by atoms with van der Waals surface area (Å²) >= 11 is 0. The van der Waals surface area contributed by atoms with Gasteiger partial charge in [-0.15, -0.1) is 0 Å². The molecule has 9 heteroatoms. The van der Waals surface area contributed by atoms with Crippen molar-refractivity contribution in [1.29, 1.82) is 0 Å². The van der Waals surface area contributed by atoms with Crippen molar-refractivity contribution >= 4 is 23.2 Å². The Bertz CT molecular complexity index is 948. The molecular weight excluding hydrogens is 380 g/mol.